The van der Waals surface area contributed by atoms with E-state index in [4.69, 9.17) is 4.74 Å². The number of likely N-dealkylation sites (N-methyl/N-ethyl adjacent to an activating group) is 1. The molecule has 7 heteroatoms. The summed E-state index contributed by atoms with van der Waals surface area (Å²) >= 11 is 0. The Hall–Kier alpha value is -3.22. The highest BCUT2D eigenvalue weighted by molar-refractivity contribution is 5.94. The number of hydrogen-bond acceptors (Lipinski definition) is 4. The Bertz CT molecular complexity index is 855. The zero-order chi connectivity index (χ0) is 22.1. The number of ether oxygens (including phenoxy) is 1. The SMILES string of the molecule is CC[C@H](C)[C@H](C(=O)OCC(=O)N(C)CC(=O)Nc1ccc(F)cc1)c1ccccc1. The molecule has 2 aromatic carbocycles. The van der Waals surface area contributed by atoms with Crippen molar-refractivity contribution in [2.75, 3.05) is 25.5 Å². The summed E-state index contributed by atoms with van der Waals surface area (Å²) < 4.78 is 18.2. The highest BCUT2D eigenvalue weighted by Gasteiger charge is 2.28. The summed E-state index contributed by atoms with van der Waals surface area (Å²) in [6.45, 7) is 3.29. The second kappa shape index (κ2) is 11.1. The topological polar surface area (TPSA) is 75.7 Å². The number of nitrogens with one attached hydrogen (secondary N) is 1. The van der Waals surface area contributed by atoms with Crippen LogP contribution in [-0.2, 0) is 19.1 Å². The molecule has 2 amide bonds. The predicted molar refractivity (Wildman–Crippen MR) is 112 cm³/mol. The van der Waals surface area contributed by atoms with Gasteiger partial charge in [-0.15, -0.1) is 0 Å². The summed E-state index contributed by atoms with van der Waals surface area (Å²) in [5.41, 5.74) is 1.27. The van der Waals surface area contributed by atoms with E-state index >= 15 is 0 Å². The molecule has 1 N–H and O–H groups in total. The van der Waals surface area contributed by atoms with Gasteiger partial charge in [0, 0.05) is 12.7 Å². The van der Waals surface area contributed by atoms with Crippen molar-refractivity contribution in [2.45, 2.75) is 26.2 Å². The van der Waals surface area contributed by atoms with Gasteiger partial charge in [-0.25, -0.2) is 4.39 Å². The van der Waals surface area contributed by atoms with Crippen molar-refractivity contribution in [2.24, 2.45) is 5.92 Å². The molecule has 0 bridgehead atoms. The summed E-state index contributed by atoms with van der Waals surface area (Å²) in [6.07, 6.45) is 0.784. The molecule has 0 saturated heterocycles. The van der Waals surface area contributed by atoms with Crippen molar-refractivity contribution < 1.29 is 23.5 Å². The summed E-state index contributed by atoms with van der Waals surface area (Å²) in [5.74, 6) is -2.22. The maximum Gasteiger partial charge on any atom is 0.314 e. The zero-order valence-corrected chi connectivity index (χ0v) is 17.4. The van der Waals surface area contributed by atoms with E-state index in [1.54, 1.807) is 0 Å². The van der Waals surface area contributed by atoms with Gasteiger partial charge < -0.3 is 15.0 Å². The molecule has 2 rings (SSSR count). The Morgan fingerprint density at radius 2 is 1.70 bits per heavy atom. The number of nitrogens with zero attached hydrogens (tertiary/aromatic N) is 1. The first-order chi connectivity index (χ1) is 14.3. The molecule has 160 valence electrons. The number of halogens is 1. The van der Waals surface area contributed by atoms with Crippen LogP contribution in [0.4, 0.5) is 10.1 Å². The van der Waals surface area contributed by atoms with E-state index in [0.717, 1.165) is 12.0 Å². The van der Waals surface area contributed by atoms with E-state index in [-0.39, 0.29) is 12.5 Å². The first-order valence-electron chi connectivity index (χ1n) is 9.82. The fraction of sp³-hybridized carbons (Fsp3) is 0.348. The number of anilines is 1. The fourth-order valence-electron chi connectivity index (χ4n) is 2.96. The van der Waals surface area contributed by atoms with Crippen LogP contribution >= 0.6 is 0 Å². The zero-order valence-electron chi connectivity index (χ0n) is 17.4. The van der Waals surface area contributed by atoms with Crippen LogP contribution in [0.25, 0.3) is 0 Å². The minimum atomic E-state index is -0.492. The van der Waals surface area contributed by atoms with Crippen LogP contribution in [0.15, 0.2) is 54.6 Å². The lowest BCUT2D eigenvalue weighted by molar-refractivity contribution is -0.154. The fourth-order valence-corrected chi connectivity index (χ4v) is 2.96. The van der Waals surface area contributed by atoms with E-state index in [1.807, 2.05) is 44.2 Å². The Morgan fingerprint density at radius 3 is 2.30 bits per heavy atom. The van der Waals surface area contributed by atoms with Crippen LogP contribution in [0, 0.1) is 11.7 Å². The van der Waals surface area contributed by atoms with E-state index in [9.17, 15) is 18.8 Å². The van der Waals surface area contributed by atoms with Crippen molar-refractivity contribution in [3.63, 3.8) is 0 Å². The molecular formula is C23H27FN2O4. The summed E-state index contributed by atoms with van der Waals surface area (Å²) in [5, 5.41) is 2.57. The van der Waals surface area contributed by atoms with Gasteiger partial charge >= 0.3 is 5.97 Å². The number of rotatable bonds is 9. The Kier molecular flexibility index (Phi) is 8.53. The van der Waals surface area contributed by atoms with Crippen molar-refractivity contribution in [3.05, 3.63) is 66.0 Å². The van der Waals surface area contributed by atoms with Crippen molar-refractivity contribution in [1.29, 1.82) is 0 Å². The highest BCUT2D eigenvalue weighted by atomic mass is 19.1. The molecule has 0 aliphatic heterocycles. The summed E-state index contributed by atoms with van der Waals surface area (Å²) in [7, 11) is 1.45. The van der Waals surface area contributed by atoms with E-state index in [0.29, 0.717) is 5.69 Å². The lowest BCUT2D eigenvalue weighted by Gasteiger charge is -2.22. The highest BCUT2D eigenvalue weighted by Crippen LogP contribution is 2.28. The van der Waals surface area contributed by atoms with Gasteiger partial charge in [0.2, 0.25) is 5.91 Å². The average Bonchev–Trinajstić information content (AvgIpc) is 2.74. The van der Waals surface area contributed by atoms with Gasteiger partial charge in [-0.3, -0.25) is 14.4 Å². The molecule has 0 heterocycles. The van der Waals surface area contributed by atoms with Crippen LogP contribution in [0.5, 0.6) is 0 Å². The lowest BCUT2D eigenvalue weighted by atomic mass is 9.86. The molecule has 0 unspecified atom stereocenters. The molecule has 6 nitrogen and oxygen atoms in total. The van der Waals surface area contributed by atoms with E-state index in [2.05, 4.69) is 5.32 Å². The van der Waals surface area contributed by atoms with Crippen molar-refractivity contribution >= 4 is 23.5 Å². The quantitative estimate of drug-likeness (QED) is 0.636. The Morgan fingerprint density at radius 1 is 1.07 bits per heavy atom. The average molecular weight is 414 g/mol. The maximum atomic E-state index is 12.9. The van der Waals surface area contributed by atoms with Gasteiger partial charge in [-0.1, -0.05) is 50.6 Å². The van der Waals surface area contributed by atoms with Gasteiger partial charge in [-0.05, 0) is 35.7 Å². The molecular weight excluding hydrogens is 387 g/mol. The summed E-state index contributed by atoms with van der Waals surface area (Å²) in [6, 6.07) is 14.6. The number of amides is 2. The van der Waals surface area contributed by atoms with Crippen molar-refractivity contribution in [3.8, 4) is 0 Å². The number of esters is 1. The molecule has 0 fully saturated rings. The van der Waals surface area contributed by atoms with E-state index in [1.165, 1.54) is 36.2 Å². The molecule has 2 atom stereocenters. The third-order valence-electron chi connectivity index (χ3n) is 4.90. The lowest BCUT2D eigenvalue weighted by Crippen LogP contribution is -2.38. The number of benzene rings is 2. The molecule has 0 radical (unpaired) electrons. The minimum absolute atomic E-state index is 0.0502. The summed E-state index contributed by atoms with van der Waals surface area (Å²) in [4.78, 5) is 38.2. The van der Waals surface area contributed by atoms with E-state index < -0.39 is 36.1 Å². The van der Waals surface area contributed by atoms with Gasteiger partial charge in [0.05, 0.1) is 12.5 Å². The second-order valence-electron chi connectivity index (χ2n) is 7.19. The van der Waals surface area contributed by atoms with Crippen LogP contribution in [0.1, 0.15) is 31.7 Å². The standard InChI is InChI=1S/C23H27FN2O4/c1-4-16(2)22(17-8-6-5-7-9-17)23(29)30-15-21(28)26(3)14-20(27)25-19-12-10-18(24)11-13-19/h5-13,16,22H,4,14-15H2,1-3H3,(H,25,27)/t16-,22-/m0/s1. The minimum Gasteiger partial charge on any atom is -0.455 e. The van der Waals surface area contributed by atoms with Gasteiger partial charge in [0.1, 0.15) is 5.82 Å². The number of carbonyl (C=O) groups is 3. The second-order valence-corrected chi connectivity index (χ2v) is 7.19. The van der Waals surface area contributed by atoms with Gasteiger partial charge in [0.15, 0.2) is 6.61 Å². The maximum absolute atomic E-state index is 12.9. The first kappa shape index (κ1) is 23.1. The number of carbonyl (C=O) groups excluding carboxylic acids is 3. The molecule has 0 aromatic heterocycles. The smallest absolute Gasteiger partial charge is 0.314 e. The molecule has 0 saturated carbocycles. The third kappa shape index (κ3) is 6.69. The first-order valence-corrected chi connectivity index (χ1v) is 9.82. The monoisotopic (exact) mass is 414 g/mol. The van der Waals surface area contributed by atoms with Crippen LogP contribution in [0.3, 0.4) is 0 Å². The predicted octanol–water partition coefficient (Wildman–Crippen LogP) is 3.60. The Balaban J connectivity index is 1.88. The molecule has 30 heavy (non-hydrogen) atoms. The molecule has 0 spiro atoms. The van der Waals surface area contributed by atoms with Crippen LogP contribution < -0.4 is 5.32 Å². The largest absolute Gasteiger partial charge is 0.455 e. The van der Waals surface area contributed by atoms with Crippen LogP contribution in [-0.4, -0.2) is 42.9 Å². The Labute approximate surface area is 176 Å². The third-order valence-corrected chi connectivity index (χ3v) is 4.90. The molecule has 0 aliphatic rings. The van der Waals surface area contributed by atoms with Gasteiger partial charge in [0.25, 0.3) is 5.91 Å². The normalized spacial score (nSPS) is 12.5. The number of hydrogen-bond donors (Lipinski definition) is 1. The van der Waals surface area contributed by atoms with Crippen LogP contribution in [0.2, 0.25) is 0 Å². The van der Waals surface area contributed by atoms with Crippen molar-refractivity contribution in [1.82, 2.24) is 4.90 Å². The molecule has 0 aliphatic carbocycles. The van der Waals surface area contributed by atoms with Gasteiger partial charge in [-0.2, -0.15) is 0 Å². The molecule has 2 aromatic rings.